The van der Waals surface area contributed by atoms with E-state index < -0.39 is 21.7 Å². The molecule has 29 heavy (non-hydrogen) atoms. The van der Waals surface area contributed by atoms with Gasteiger partial charge in [-0.2, -0.15) is 0 Å². The van der Waals surface area contributed by atoms with Crippen LogP contribution in [0.5, 0.6) is 0 Å². The third-order valence-electron chi connectivity index (χ3n) is 4.99. The van der Waals surface area contributed by atoms with Crippen molar-refractivity contribution in [2.24, 2.45) is 5.16 Å². The Labute approximate surface area is 166 Å². The number of nitro benzene ring substituents is 2. The van der Waals surface area contributed by atoms with Gasteiger partial charge >= 0.3 is 5.97 Å². The lowest BCUT2D eigenvalue weighted by atomic mass is 9.81. The lowest BCUT2D eigenvalue weighted by molar-refractivity contribution is -0.394. The normalized spacial score (nSPS) is 17.7. The van der Waals surface area contributed by atoms with Crippen LogP contribution in [0.25, 0.3) is 0 Å². The summed E-state index contributed by atoms with van der Waals surface area (Å²) >= 11 is 0. The maximum atomic E-state index is 12.3. The van der Waals surface area contributed by atoms with Crippen LogP contribution in [0, 0.1) is 27.2 Å². The average molecular weight is 397 g/mol. The fourth-order valence-electron chi connectivity index (χ4n) is 3.49. The molecule has 2 aromatic rings. The quantitative estimate of drug-likeness (QED) is 0.410. The molecule has 0 heterocycles. The fraction of sp³-hybridized carbons (Fsp3) is 0.300. The Morgan fingerprint density at radius 1 is 1.10 bits per heavy atom. The molecule has 0 bridgehead atoms. The van der Waals surface area contributed by atoms with Crippen molar-refractivity contribution in [2.45, 2.75) is 38.5 Å². The number of oxime groups is 1. The van der Waals surface area contributed by atoms with Gasteiger partial charge in [0.2, 0.25) is 0 Å². The maximum absolute atomic E-state index is 12.3. The molecule has 1 aliphatic carbocycles. The van der Waals surface area contributed by atoms with Crippen LogP contribution in [0.1, 0.15) is 53.1 Å². The molecule has 0 aromatic heterocycles. The lowest BCUT2D eigenvalue weighted by Crippen LogP contribution is -2.20. The Hall–Kier alpha value is -3.62. The van der Waals surface area contributed by atoms with Gasteiger partial charge in [0.05, 0.1) is 27.2 Å². The summed E-state index contributed by atoms with van der Waals surface area (Å²) < 4.78 is 0. The molecule has 150 valence electrons. The highest BCUT2D eigenvalue weighted by Gasteiger charge is 2.31. The second kappa shape index (κ2) is 8.59. The van der Waals surface area contributed by atoms with Gasteiger partial charge in [-0.15, -0.1) is 0 Å². The van der Waals surface area contributed by atoms with Crippen molar-refractivity contribution >= 4 is 23.1 Å². The predicted octanol–water partition coefficient (Wildman–Crippen LogP) is 4.68. The molecule has 0 unspecified atom stereocenters. The second-order valence-electron chi connectivity index (χ2n) is 6.83. The number of nitro groups is 2. The SMILES string of the molecule is Cc1ccccc1C(=O)O/N=C1/CCCC[C@@H]1c1ccc([N+](=O)[O-])cc1[N+](=O)[O-]. The summed E-state index contributed by atoms with van der Waals surface area (Å²) in [6, 6.07) is 10.5. The van der Waals surface area contributed by atoms with E-state index in [0.717, 1.165) is 24.5 Å². The van der Waals surface area contributed by atoms with E-state index in [2.05, 4.69) is 5.16 Å². The molecule has 9 nitrogen and oxygen atoms in total. The Kier molecular flexibility index (Phi) is 5.96. The Bertz CT molecular complexity index is 1000. The highest BCUT2D eigenvalue weighted by Crippen LogP contribution is 2.37. The molecule has 0 spiro atoms. The van der Waals surface area contributed by atoms with E-state index in [1.807, 2.05) is 6.07 Å². The van der Waals surface area contributed by atoms with E-state index in [1.54, 1.807) is 25.1 Å². The molecule has 1 fully saturated rings. The maximum Gasteiger partial charge on any atom is 0.365 e. The summed E-state index contributed by atoms with van der Waals surface area (Å²) in [5.41, 5.74) is 1.33. The van der Waals surface area contributed by atoms with Crippen LogP contribution < -0.4 is 0 Å². The number of aryl methyl sites for hydroxylation is 1. The fourth-order valence-corrected chi connectivity index (χ4v) is 3.49. The van der Waals surface area contributed by atoms with Gasteiger partial charge in [0.25, 0.3) is 11.4 Å². The number of non-ortho nitro benzene ring substituents is 1. The van der Waals surface area contributed by atoms with Crippen LogP contribution >= 0.6 is 0 Å². The third kappa shape index (κ3) is 4.45. The van der Waals surface area contributed by atoms with Crippen LogP contribution in [0.3, 0.4) is 0 Å². The van der Waals surface area contributed by atoms with Crippen LogP contribution in [0.4, 0.5) is 11.4 Å². The van der Waals surface area contributed by atoms with Gasteiger partial charge in [-0.25, -0.2) is 4.79 Å². The van der Waals surface area contributed by atoms with Gasteiger partial charge in [-0.1, -0.05) is 29.8 Å². The molecule has 0 radical (unpaired) electrons. The Morgan fingerprint density at radius 3 is 2.55 bits per heavy atom. The lowest BCUT2D eigenvalue weighted by Gasteiger charge is -2.23. The summed E-state index contributed by atoms with van der Waals surface area (Å²) in [7, 11) is 0. The van der Waals surface area contributed by atoms with Crippen molar-refractivity contribution in [3.63, 3.8) is 0 Å². The van der Waals surface area contributed by atoms with Crippen LogP contribution in [-0.2, 0) is 4.84 Å². The molecular formula is C20H19N3O6. The van der Waals surface area contributed by atoms with E-state index in [-0.39, 0.29) is 11.4 Å². The van der Waals surface area contributed by atoms with Crippen molar-refractivity contribution in [1.82, 2.24) is 0 Å². The van der Waals surface area contributed by atoms with E-state index in [9.17, 15) is 25.0 Å². The van der Waals surface area contributed by atoms with Gasteiger partial charge < -0.3 is 4.84 Å². The number of carbonyl (C=O) groups is 1. The van der Waals surface area contributed by atoms with Crippen molar-refractivity contribution in [3.8, 4) is 0 Å². The van der Waals surface area contributed by atoms with Crippen molar-refractivity contribution < 1.29 is 19.5 Å². The number of hydrogen-bond donors (Lipinski definition) is 0. The van der Waals surface area contributed by atoms with Gasteiger partial charge in [-0.05, 0) is 43.9 Å². The smallest absolute Gasteiger partial charge is 0.313 e. The van der Waals surface area contributed by atoms with Crippen LogP contribution in [0.15, 0.2) is 47.6 Å². The molecule has 1 aliphatic rings. The molecule has 0 amide bonds. The first-order valence-electron chi connectivity index (χ1n) is 9.15. The number of hydrogen-bond acceptors (Lipinski definition) is 7. The van der Waals surface area contributed by atoms with E-state index in [1.165, 1.54) is 12.1 Å². The molecule has 1 atom stereocenters. The predicted molar refractivity (Wildman–Crippen MR) is 105 cm³/mol. The third-order valence-corrected chi connectivity index (χ3v) is 4.99. The van der Waals surface area contributed by atoms with Gasteiger partial charge in [-0.3, -0.25) is 20.2 Å². The minimum Gasteiger partial charge on any atom is -0.313 e. The summed E-state index contributed by atoms with van der Waals surface area (Å²) in [4.78, 5) is 38.6. The van der Waals surface area contributed by atoms with Gasteiger partial charge in [0.1, 0.15) is 0 Å². The second-order valence-corrected chi connectivity index (χ2v) is 6.83. The van der Waals surface area contributed by atoms with Crippen molar-refractivity contribution in [1.29, 1.82) is 0 Å². The summed E-state index contributed by atoms with van der Waals surface area (Å²) in [6.07, 6.45) is 2.75. The molecule has 1 saturated carbocycles. The molecular weight excluding hydrogens is 378 g/mol. The average Bonchev–Trinajstić information content (AvgIpc) is 2.72. The monoisotopic (exact) mass is 397 g/mol. The number of benzene rings is 2. The standard InChI is InChI=1S/C20H19N3O6/c1-13-6-2-3-7-15(13)20(24)29-21-18-9-5-4-8-16(18)17-11-10-14(22(25)26)12-19(17)23(27)28/h2-3,6-7,10-12,16H,4-5,8-9H2,1H3/b21-18-/t16-/m1/s1. The topological polar surface area (TPSA) is 125 Å². The zero-order chi connectivity index (χ0) is 21.0. The first-order chi connectivity index (χ1) is 13.9. The van der Waals surface area contributed by atoms with Crippen LogP contribution in [0.2, 0.25) is 0 Å². The van der Waals surface area contributed by atoms with Gasteiger partial charge in [0, 0.05) is 17.5 Å². The highest BCUT2D eigenvalue weighted by atomic mass is 16.7. The van der Waals surface area contributed by atoms with E-state index >= 15 is 0 Å². The van der Waals surface area contributed by atoms with Crippen molar-refractivity contribution in [3.05, 3.63) is 79.4 Å². The zero-order valence-electron chi connectivity index (χ0n) is 15.7. The molecule has 3 rings (SSSR count). The first-order valence-corrected chi connectivity index (χ1v) is 9.15. The molecule has 2 aromatic carbocycles. The molecule has 0 N–H and O–H groups in total. The zero-order valence-corrected chi connectivity index (χ0v) is 15.7. The largest absolute Gasteiger partial charge is 0.365 e. The molecule has 9 heteroatoms. The summed E-state index contributed by atoms with van der Waals surface area (Å²) in [6.45, 7) is 1.79. The van der Waals surface area contributed by atoms with E-state index in [4.69, 9.17) is 4.84 Å². The van der Waals surface area contributed by atoms with E-state index in [0.29, 0.717) is 29.7 Å². The molecule has 0 saturated heterocycles. The highest BCUT2D eigenvalue weighted by molar-refractivity contribution is 5.94. The Morgan fingerprint density at radius 2 is 1.86 bits per heavy atom. The van der Waals surface area contributed by atoms with Crippen molar-refractivity contribution in [2.75, 3.05) is 0 Å². The number of nitrogens with zero attached hydrogens (tertiary/aromatic N) is 3. The Balaban J connectivity index is 1.91. The van der Waals surface area contributed by atoms with Gasteiger partial charge in [0.15, 0.2) is 0 Å². The minimum atomic E-state index is -0.670. The summed E-state index contributed by atoms with van der Waals surface area (Å²) in [5.74, 6) is -1.03. The first kappa shape index (κ1) is 20.1. The molecule has 0 aliphatic heterocycles. The summed E-state index contributed by atoms with van der Waals surface area (Å²) in [5, 5.41) is 26.5. The minimum absolute atomic E-state index is 0.330. The number of carbonyl (C=O) groups excluding carboxylic acids is 1. The van der Waals surface area contributed by atoms with Crippen LogP contribution in [-0.4, -0.2) is 21.5 Å². The number of rotatable bonds is 5.